The van der Waals surface area contributed by atoms with Gasteiger partial charge in [0, 0.05) is 23.9 Å². The number of carbonyl (C=O) groups excluding carboxylic acids is 1. The number of hydrogen-bond donors (Lipinski definition) is 1. The van der Waals surface area contributed by atoms with E-state index in [1.165, 1.54) is 25.3 Å². The van der Waals surface area contributed by atoms with Gasteiger partial charge >= 0.3 is 0 Å². The maximum atomic E-state index is 12.4. The van der Waals surface area contributed by atoms with Crippen LogP contribution in [0.15, 0.2) is 48.7 Å². The molecule has 1 aliphatic rings. The van der Waals surface area contributed by atoms with Crippen LogP contribution in [0.4, 0.5) is 0 Å². The number of aromatic hydroxyl groups is 1. The highest BCUT2D eigenvalue weighted by Crippen LogP contribution is 2.22. The first-order chi connectivity index (χ1) is 11.7. The molecule has 3 rings (SSSR count). The fourth-order valence-electron chi connectivity index (χ4n) is 2.96. The Kier molecular flexibility index (Phi) is 5.39. The molecule has 0 radical (unpaired) electrons. The third kappa shape index (κ3) is 4.30. The highest BCUT2D eigenvalue weighted by Gasteiger charge is 2.14. The van der Waals surface area contributed by atoms with Gasteiger partial charge < -0.3 is 5.11 Å². The van der Waals surface area contributed by atoms with Gasteiger partial charge in [-0.3, -0.25) is 14.7 Å². The molecule has 0 unspecified atom stereocenters. The van der Waals surface area contributed by atoms with E-state index in [0.29, 0.717) is 12.1 Å². The van der Waals surface area contributed by atoms with Crippen LogP contribution in [0.1, 0.15) is 40.9 Å². The predicted octanol–water partition coefficient (Wildman–Crippen LogP) is 3.67. The van der Waals surface area contributed by atoms with Gasteiger partial charge in [0.05, 0.1) is 5.69 Å². The molecule has 4 nitrogen and oxygen atoms in total. The van der Waals surface area contributed by atoms with Crippen LogP contribution in [0.2, 0.25) is 0 Å². The summed E-state index contributed by atoms with van der Waals surface area (Å²) in [5.41, 5.74) is 2.15. The summed E-state index contributed by atoms with van der Waals surface area (Å²) in [5.74, 6) is 0.173. The minimum absolute atomic E-state index is 0.0828. The number of pyridine rings is 1. The van der Waals surface area contributed by atoms with Crippen LogP contribution >= 0.6 is 0 Å². The molecule has 0 aliphatic carbocycles. The Balaban J connectivity index is 1.72. The molecule has 0 amide bonds. The van der Waals surface area contributed by atoms with Crippen molar-refractivity contribution in [3.8, 4) is 5.75 Å². The second kappa shape index (κ2) is 7.88. The lowest BCUT2D eigenvalue weighted by atomic mass is 10.0. The number of nitrogens with zero attached hydrogens (tertiary/aromatic N) is 2. The number of piperidine rings is 1. The van der Waals surface area contributed by atoms with Gasteiger partial charge in [-0.05, 0) is 68.4 Å². The van der Waals surface area contributed by atoms with Crippen LogP contribution in [-0.4, -0.2) is 33.9 Å². The molecule has 4 heteroatoms. The van der Waals surface area contributed by atoms with Gasteiger partial charge in [0.1, 0.15) is 5.75 Å². The van der Waals surface area contributed by atoms with Crippen LogP contribution in [0.25, 0.3) is 6.08 Å². The molecule has 1 aliphatic heterocycles. The van der Waals surface area contributed by atoms with Crippen LogP contribution in [-0.2, 0) is 6.54 Å². The van der Waals surface area contributed by atoms with Crippen LogP contribution in [0.5, 0.6) is 5.75 Å². The predicted molar refractivity (Wildman–Crippen MR) is 94.8 cm³/mol. The van der Waals surface area contributed by atoms with Crippen molar-refractivity contribution in [1.82, 2.24) is 9.88 Å². The lowest BCUT2D eigenvalue weighted by molar-refractivity contribution is 0.104. The lowest BCUT2D eigenvalue weighted by Crippen LogP contribution is -2.29. The number of phenolic OH excluding ortho intramolecular Hbond substituents is 1. The van der Waals surface area contributed by atoms with E-state index in [9.17, 15) is 9.90 Å². The molecule has 1 aromatic heterocycles. The van der Waals surface area contributed by atoms with E-state index in [-0.39, 0.29) is 11.5 Å². The maximum absolute atomic E-state index is 12.4. The first-order valence-electron chi connectivity index (χ1n) is 8.40. The second-order valence-electron chi connectivity index (χ2n) is 6.13. The number of ketones is 1. The summed E-state index contributed by atoms with van der Waals surface area (Å²) >= 11 is 0. The van der Waals surface area contributed by atoms with E-state index < -0.39 is 0 Å². The molecule has 124 valence electrons. The van der Waals surface area contributed by atoms with Crippen LogP contribution < -0.4 is 0 Å². The van der Waals surface area contributed by atoms with Crippen LogP contribution in [0, 0.1) is 0 Å². The highest BCUT2D eigenvalue weighted by molar-refractivity contribution is 6.06. The van der Waals surface area contributed by atoms with Gasteiger partial charge in [0.2, 0.25) is 0 Å². The zero-order valence-corrected chi connectivity index (χ0v) is 13.7. The number of rotatable bonds is 5. The molecule has 1 aromatic carbocycles. The molecule has 24 heavy (non-hydrogen) atoms. The number of allylic oxidation sites excluding steroid dienone is 1. The molecule has 0 spiro atoms. The van der Waals surface area contributed by atoms with Gasteiger partial charge in [-0.2, -0.15) is 0 Å². The Labute approximate surface area is 142 Å². The normalized spacial score (nSPS) is 15.7. The molecule has 1 N–H and O–H groups in total. The summed E-state index contributed by atoms with van der Waals surface area (Å²) < 4.78 is 0. The quantitative estimate of drug-likeness (QED) is 0.674. The van der Waals surface area contributed by atoms with Crippen molar-refractivity contribution < 1.29 is 9.90 Å². The van der Waals surface area contributed by atoms with E-state index in [1.54, 1.807) is 30.5 Å². The average molecular weight is 322 g/mol. The Bertz CT molecular complexity index is 720. The van der Waals surface area contributed by atoms with Crippen molar-refractivity contribution in [3.63, 3.8) is 0 Å². The average Bonchev–Trinajstić information content (AvgIpc) is 2.63. The van der Waals surface area contributed by atoms with Crippen molar-refractivity contribution >= 4 is 11.9 Å². The second-order valence-corrected chi connectivity index (χ2v) is 6.13. The number of carbonyl (C=O) groups is 1. The minimum atomic E-state index is -0.0828. The monoisotopic (exact) mass is 322 g/mol. The third-order valence-corrected chi connectivity index (χ3v) is 4.30. The summed E-state index contributed by atoms with van der Waals surface area (Å²) in [5, 5.41) is 10.1. The first kappa shape index (κ1) is 16.4. The van der Waals surface area contributed by atoms with E-state index in [1.807, 2.05) is 18.2 Å². The molecule has 0 atom stereocenters. The Hall–Kier alpha value is -2.46. The fourth-order valence-corrected chi connectivity index (χ4v) is 2.96. The molecule has 2 aromatic rings. The zero-order chi connectivity index (χ0) is 16.8. The smallest absolute Gasteiger partial charge is 0.185 e. The molecule has 0 bridgehead atoms. The summed E-state index contributed by atoms with van der Waals surface area (Å²) in [7, 11) is 0. The molecule has 1 fully saturated rings. The van der Waals surface area contributed by atoms with E-state index >= 15 is 0 Å². The summed E-state index contributed by atoms with van der Waals surface area (Å²) in [6, 6.07) is 10.7. The number of benzene rings is 1. The molecule has 0 saturated carbocycles. The SMILES string of the molecule is O=C(/C=C/c1ccccn1)c1ccc(O)c(CN2CCCCC2)c1. The summed E-state index contributed by atoms with van der Waals surface area (Å²) in [4.78, 5) is 18.9. The number of likely N-dealkylation sites (tertiary alicyclic amines) is 1. The molecule has 1 saturated heterocycles. The highest BCUT2D eigenvalue weighted by atomic mass is 16.3. The fraction of sp³-hybridized carbons (Fsp3) is 0.300. The van der Waals surface area contributed by atoms with Crippen molar-refractivity contribution in [3.05, 3.63) is 65.5 Å². The van der Waals surface area contributed by atoms with Gasteiger partial charge in [-0.15, -0.1) is 0 Å². The van der Waals surface area contributed by atoms with E-state index in [0.717, 1.165) is 24.3 Å². The summed E-state index contributed by atoms with van der Waals surface area (Å²) in [6.07, 6.45) is 8.61. The van der Waals surface area contributed by atoms with Gasteiger partial charge in [0.15, 0.2) is 5.78 Å². The Morgan fingerprint density at radius 1 is 1.17 bits per heavy atom. The van der Waals surface area contributed by atoms with Crippen LogP contribution in [0.3, 0.4) is 0 Å². The standard InChI is InChI=1S/C20H22N2O2/c23-19(10-8-18-6-2-3-11-21-18)16-7-9-20(24)17(14-16)15-22-12-4-1-5-13-22/h2-3,6-11,14,24H,1,4-5,12-13,15H2/b10-8+. The van der Waals surface area contributed by atoms with Crippen molar-refractivity contribution in [2.45, 2.75) is 25.8 Å². The topological polar surface area (TPSA) is 53.4 Å². The molecular formula is C20H22N2O2. The Morgan fingerprint density at radius 3 is 2.75 bits per heavy atom. The maximum Gasteiger partial charge on any atom is 0.185 e. The number of phenols is 1. The van der Waals surface area contributed by atoms with Gasteiger partial charge in [-0.1, -0.05) is 12.5 Å². The number of aromatic nitrogens is 1. The molecule has 2 heterocycles. The van der Waals surface area contributed by atoms with E-state index in [2.05, 4.69) is 9.88 Å². The lowest BCUT2D eigenvalue weighted by Gasteiger charge is -2.26. The van der Waals surface area contributed by atoms with Crippen molar-refractivity contribution in [2.75, 3.05) is 13.1 Å². The Morgan fingerprint density at radius 2 is 2.00 bits per heavy atom. The van der Waals surface area contributed by atoms with Crippen molar-refractivity contribution in [1.29, 1.82) is 0 Å². The van der Waals surface area contributed by atoms with Crippen molar-refractivity contribution in [2.24, 2.45) is 0 Å². The van der Waals surface area contributed by atoms with Gasteiger partial charge in [0.25, 0.3) is 0 Å². The van der Waals surface area contributed by atoms with E-state index in [4.69, 9.17) is 0 Å². The van der Waals surface area contributed by atoms with Gasteiger partial charge in [-0.25, -0.2) is 0 Å². The third-order valence-electron chi connectivity index (χ3n) is 4.30. The largest absolute Gasteiger partial charge is 0.508 e. The first-order valence-corrected chi connectivity index (χ1v) is 8.40. The molecular weight excluding hydrogens is 300 g/mol. The summed E-state index contributed by atoms with van der Waals surface area (Å²) in [6.45, 7) is 2.80. The zero-order valence-electron chi connectivity index (χ0n) is 13.7. The minimum Gasteiger partial charge on any atom is -0.508 e. The number of hydrogen-bond acceptors (Lipinski definition) is 4.